The van der Waals surface area contributed by atoms with Crippen LogP contribution in [0.4, 0.5) is 8.78 Å². The van der Waals surface area contributed by atoms with Gasteiger partial charge in [0, 0.05) is 37.0 Å². The van der Waals surface area contributed by atoms with Gasteiger partial charge in [-0.1, -0.05) is 12.1 Å². The first-order chi connectivity index (χ1) is 10.7. The largest absolute Gasteiger partial charge is 0.337 e. The first-order valence-corrected chi connectivity index (χ1v) is 8.57. The maximum Gasteiger partial charge on any atom is 0.253 e. The fourth-order valence-corrected chi connectivity index (χ4v) is 2.72. The summed E-state index contributed by atoms with van der Waals surface area (Å²) in [6.45, 7) is -0.0615. The van der Waals surface area contributed by atoms with E-state index in [1.54, 1.807) is 0 Å². The first kappa shape index (κ1) is 17.1. The van der Waals surface area contributed by atoms with E-state index in [4.69, 9.17) is 0 Å². The molecule has 4 nitrogen and oxygen atoms in total. The smallest absolute Gasteiger partial charge is 0.253 e. The second-order valence-corrected chi connectivity index (χ2v) is 7.21. The SMILES string of the molecule is CN(Cc1ccc(F)cc1F)C(=O)c1cccc(S(C)(=O)=O)c1. The molecule has 0 radical (unpaired) electrons. The summed E-state index contributed by atoms with van der Waals surface area (Å²) >= 11 is 0. The van der Waals surface area contributed by atoms with Crippen LogP contribution in [0, 0.1) is 11.6 Å². The Bertz CT molecular complexity index is 850. The number of amides is 1. The Labute approximate surface area is 133 Å². The zero-order chi connectivity index (χ0) is 17.2. The van der Waals surface area contributed by atoms with Crippen molar-refractivity contribution in [1.82, 2.24) is 4.90 Å². The lowest BCUT2D eigenvalue weighted by atomic mass is 10.1. The van der Waals surface area contributed by atoms with Gasteiger partial charge in [0.25, 0.3) is 5.91 Å². The summed E-state index contributed by atoms with van der Waals surface area (Å²) in [7, 11) is -1.97. The van der Waals surface area contributed by atoms with E-state index in [1.807, 2.05) is 0 Å². The Morgan fingerprint density at radius 1 is 1.13 bits per heavy atom. The standard InChI is InChI=1S/C16H15F2NO3S/c1-19(10-12-6-7-13(17)9-15(12)18)16(20)11-4-3-5-14(8-11)23(2,21)22/h3-9H,10H2,1-2H3. The number of hydrogen-bond acceptors (Lipinski definition) is 3. The summed E-state index contributed by atoms with van der Waals surface area (Å²) in [4.78, 5) is 13.6. The van der Waals surface area contributed by atoms with Gasteiger partial charge in [-0.3, -0.25) is 4.79 Å². The average molecular weight is 339 g/mol. The normalized spacial score (nSPS) is 11.3. The van der Waals surface area contributed by atoms with Gasteiger partial charge in [0.1, 0.15) is 11.6 Å². The van der Waals surface area contributed by atoms with E-state index in [1.165, 1.54) is 42.3 Å². The Morgan fingerprint density at radius 3 is 2.43 bits per heavy atom. The molecule has 0 atom stereocenters. The molecule has 0 spiro atoms. The van der Waals surface area contributed by atoms with E-state index in [0.717, 1.165) is 18.4 Å². The number of rotatable bonds is 4. The van der Waals surface area contributed by atoms with E-state index in [9.17, 15) is 22.0 Å². The third-order valence-corrected chi connectivity index (χ3v) is 4.39. The van der Waals surface area contributed by atoms with Gasteiger partial charge in [-0.05, 0) is 24.3 Å². The molecule has 0 aliphatic rings. The lowest BCUT2D eigenvalue weighted by molar-refractivity contribution is 0.0783. The maximum absolute atomic E-state index is 13.6. The minimum absolute atomic E-state index is 0.0321. The molecule has 0 heterocycles. The molecule has 0 bridgehead atoms. The molecule has 7 heteroatoms. The highest BCUT2D eigenvalue weighted by molar-refractivity contribution is 7.90. The van der Waals surface area contributed by atoms with Crippen LogP contribution in [0.2, 0.25) is 0 Å². The summed E-state index contributed by atoms with van der Waals surface area (Å²) in [5.41, 5.74) is 0.347. The lowest BCUT2D eigenvalue weighted by Gasteiger charge is -2.18. The van der Waals surface area contributed by atoms with E-state index in [-0.39, 0.29) is 22.6 Å². The van der Waals surface area contributed by atoms with Gasteiger partial charge in [-0.25, -0.2) is 17.2 Å². The fraction of sp³-hybridized carbons (Fsp3) is 0.188. The van der Waals surface area contributed by atoms with E-state index >= 15 is 0 Å². The molecule has 0 N–H and O–H groups in total. The zero-order valence-electron chi connectivity index (χ0n) is 12.6. The molecular formula is C16H15F2NO3S. The summed E-state index contributed by atoms with van der Waals surface area (Å²) in [5.74, 6) is -1.89. The molecule has 2 rings (SSSR count). The summed E-state index contributed by atoms with van der Waals surface area (Å²) < 4.78 is 49.6. The molecule has 0 unspecified atom stereocenters. The molecule has 0 fully saturated rings. The van der Waals surface area contributed by atoms with Gasteiger partial charge < -0.3 is 4.90 Å². The predicted molar refractivity (Wildman–Crippen MR) is 81.7 cm³/mol. The molecule has 0 aliphatic heterocycles. The second-order valence-electron chi connectivity index (χ2n) is 5.20. The number of halogens is 2. The van der Waals surface area contributed by atoms with Crippen LogP contribution in [0.5, 0.6) is 0 Å². The summed E-state index contributed by atoms with van der Waals surface area (Å²) in [5, 5.41) is 0. The second kappa shape index (κ2) is 6.45. The highest BCUT2D eigenvalue weighted by Gasteiger charge is 2.16. The fourth-order valence-electron chi connectivity index (χ4n) is 2.06. The Hall–Kier alpha value is -2.28. The van der Waals surface area contributed by atoms with Crippen LogP contribution in [-0.2, 0) is 16.4 Å². The van der Waals surface area contributed by atoms with Gasteiger partial charge in [-0.15, -0.1) is 0 Å². The van der Waals surface area contributed by atoms with Crippen LogP contribution in [0.3, 0.4) is 0 Å². The van der Waals surface area contributed by atoms with Crippen molar-refractivity contribution in [1.29, 1.82) is 0 Å². The van der Waals surface area contributed by atoms with Crippen LogP contribution in [0.1, 0.15) is 15.9 Å². The predicted octanol–water partition coefficient (Wildman–Crippen LogP) is 2.64. The van der Waals surface area contributed by atoms with Crippen LogP contribution in [0.15, 0.2) is 47.4 Å². The first-order valence-electron chi connectivity index (χ1n) is 6.68. The van der Waals surface area contributed by atoms with Crippen molar-refractivity contribution in [2.75, 3.05) is 13.3 Å². The van der Waals surface area contributed by atoms with Gasteiger partial charge in [-0.2, -0.15) is 0 Å². The van der Waals surface area contributed by atoms with Crippen LogP contribution in [-0.4, -0.2) is 32.5 Å². The number of benzene rings is 2. The minimum Gasteiger partial charge on any atom is -0.337 e. The molecule has 1 amide bonds. The lowest BCUT2D eigenvalue weighted by Crippen LogP contribution is -2.26. The van der Waals surface area contributed by atoms with E-state index in [0.29, 0.717) is 0 Å². The number of hydrogen-bond donors (Lipinski definition) is 0. The van der Waals surface area contributed by atoms with Crippen molar-refractivity contribution in [3.05, 3.63) is 65.2 Å². The summed E-state index contributed by atoms with van der Waals surface area (Å²) in [6, 6.07) is 8.74. The van der Waals surface area contributed by atoms with Crippen molar-refractivity contribution < 1.29 is 22.0 Å². The van der Waals surface area contributed by atoms with Crippen molar-refractivity contribution in [2.45, 2.75) is 11.4 Å². The highest BCUT2D eigenvalue weighted by atomic mass is 32.2. The molecule has 23 heavy (non-hydrogen) atoms. The minimum atomic E-state index is -3.43. The van der Waals surface area contributed by atoms with Gasteiger partial charge in [0.05, 0.1) is 4.90 Å². The molecule has 2 aromatic carbocycles. The van der Waals surface area contributed by atoms with Gasteiger partial charge in [0.15, 0.2) is 9.84 Å². The van der Waals surface area contributed by atoms with Crippen molar-refractivity contribution in [3.8, 4) is 0 Å². The maximum atomic E-state index is 13.6. The number of sulfone groups is 1. The quantitative estimate of drug-likeness (QED) is 0.860. The van der Waals surface area contributed by atoms with Crippen LogP contribution in [0.25, 0.3) is 0 Å². The average Bonchev–Trinajstić information content (AvgIpc) is 2.48. The Kier molecular flexibility index (Phi) is 4.79. The molecule has 0 saturated carbocycles. The Balaban J connectivity index is 2.23. The molecule has 0 saturated heterocycles. The van der Waals surface area contributed by atoms with E-state index in [2.05, 4.69) is 0 Å². The topological polar surface area (TPSA) is 54.5 Å². The molecule has 2 aromatic rings. The highest BCUT2D eigenvalue weighted by Crippen LogP contribution is 2.16. The molecule has 0 aliphatic carbocycles. The third kappa shape index (κ3) is 4.13. The molecular weight excluding hydrogens is 324 g/mol. The zero-order valence-corrected chi connectivity index (χ0v) is 13.4. The molecule has 122 valence electrons. The summed E-state index contributed by atoms with van der Waals surface area (Å²) in [6.07, 6.45) is 1.05. The third-order valence-electron chi connectivity index (χ3n) is 3.28. The van der Waals surface area contributed by atoms with Crippen LogP contribution < -0.4 is 0 Å². The Morgan fingerprint density at radius 2 is 1.83 bits per heavy atom. The number of carbonyl (C=O) groups excluding carboxylic acids is 1. The number of nitrogens with zero attached hydrogens (tertiary/aromatic N) is 1. The van der Waals surface area contributed by atoms with Crippen LogP contribution >= 0.6 is 0 Å². The van der Waals surface area contributed by atoms with E-state index < -0.39 is 27.4 Å². The number of carbonyl (C=O) groups is 1. The van der Waals surface area contributed by atoms with Crippen molar-refractivity contribution in [3.63, 3.8) is 0 Å². The van der Waals surface area contributed by atoms with Crippen molar-refractivity contribution in [2.24, 2.45) is 0 Å². The van der Waals surface area contributed by atoms with Gasteiger partial charge >= 0.3 is 0 Å². The molecule has 0 aromatic heterocycles. The van der Waals surface area contributed by atoms with Gasteiger partial charge in [0.2, 0.25) is 0 Å². The van der Waals surface area contributed by atoms with Crippen molar-refractivity contribution >= 4 is 15.7 Å². The monoisotopic (exact) mass is 339 g/mol.